The number of aliphatic hydroxyl groups is 1. The molecule has 3 N–H and O–H groups in total. The minimum absolute atomic E-state index is 0.271. The zero-order valence-corrected chi connectivity index (χ0v) is 19.9. The lowest BCUT2D eigenvalue weighted by Gasteiger charge is -2.18. The standard InChI is InChI=1S/C26H28N2O5S/c1-3-27-26(31)25(24(30)21-11-13-22(14-12-21)28-34(32)17-29)33-23-6-4-5-20(16-23)15-19-9-7-18(2)8-10-19/h4-14,16,25,28-29H,3,15,17H2,1-2H3,(H,27,31). The number of benzene rings is 3. The van der Waals surface area contributed by atoms with E-state index >= 15 is 0 Å². The summed E-state index contributed by atoms with van der Waals surface area (Å²) in [6.07, 6.45) is -0.666. The molecule has 3 rings (SSSR count). The molecular weight excluding hydrogens is 452 g/mol. The second-order valence-corrected chi connectivity index (χ2v) is 8.87. The maximum Gasteiger partial charge on any atom is 0.269 e. The van der Waals surface area contributed by atoms with Crippen molar-refractivity contribution in [3.63, 3.8) is 0 Å². The van der Waals surface area contributed by atoms with Crippen LogP contribution in [-0.4, -0.2) is 39.6 Å². The number of carbonyl (C=O) groups is 2. The highest BCUT2D eigenvalue weighted by Gasteiger charge is 2.29. The molecule has 0 aliphatic heterocycles. The van der Waals surface area contributed by atoms with Crippen molar-refractivity contribution in [3.8, 4) is 5.75 Å². The molecule has 0 aromatic heterocycles. The van der Waals surface area contributed by atoms with Crippen molar-refractivity contribution in [3.05, 3.63) is 95.1 Å². The summed E-state index contributed by atoms with van der Waals surface area (Å²) in [6, 6.07) is 21.7. The van der Waals surface area contributed by atoms with E-state index < -0.39 is 34.7 Å². The number of anilines is 1. The van der Waals surface area contributed by atoms with E-state index in [9.17, 15) is 13.8 Å². The molecule has 3 aromatic carbocycles. The van der Waals surface area contributed by atoms with Gasteiger partial charge in [0.2, 0.25) is 11.9 Å². The Morgan fingerprint density at radius 1 is 1.00 bits per heavy atom. The van der Waals surface area contributed by atoms with Crippen LogP contribution in [0.25, 0.3) is 0 Å². The average molecular weight is 481 g/mol. The largest absolute Gasteiger partial charge is 0.472 e. The van der Waals surface area contributed by atoms with E-state index in [2.05, 4.69) is 34.3 Å². The number of nitrogens with one attached hydrogen (secondary N) is 2. The number of rotatable bonds is 11. The lowest BCUT2D eigenvalue weighted by atomic mass is 10.0. The summed E-state index contributed by atoms with van der Waals surface area (Å²) in [6.45, 7) is 4.16. The van der Waals surface area contributed by atoms with Crippen molar-refractivity contribution >= 4 is 28.4 Å². The highest BCUT2D eigenvalue weighted by Crippen LogP contribution is 2.20. The lowest BCUT2D eigenvalue weighted by Crippen LogP contribution is -2.43. The number of carbonyl (C=O) groups excluding carboxylic acids is 2. The number of ketones is 1. The molecule has 7 nitrogen and oxygen atoms in total. The maximum atomic E-state index is 13.2. The molecule has 0 radical (unpaired) electrons. The number of hydrogen-bond acceptors (Lipinski definition) is 5. The van der Waals surface area contributed by atoms with E-state index in [-0.39, 0.29) is 5.56 Å². The molecule has 8 heteroatoms. The van der Waals surface area contributed by atoms with Crippen LogP contribution < -0.4 is 14.8 Å². The first kappa shape index (κ1) is 25.1. The second-order valence-electron chi connectivity index (χ2n) is 7.72. The fourth-order valence-corrected chi connectivity index (χ4v) is 3.78. The van der Waals surface area contributed by atoms with Crippen molar-refractivity contribution in [2.75, 3.05) is 17.2 Å². The van der Waals surface area contributed by atoms with Crippen LogP contribution in [-0.2, 0) is 22.2 Å². The number of amides is 1. The molecule has 34 heavy (non-hydrogen) atoms. The minimum Gasteiger partial charge on any atom is -0.472 e. The van der Waals surface area contributed by atoms with Crippen molar-refractivity contribution in [1.82, 2.24) is 5.32 Å². The van der Waals surface area contributed by atoms with Gasteiger partial charge in [-0.15, -0.1) is 0 Å². The molecule has 178 valence electrons. The van der Waals surface area contributed by atoms with Crippen LogP contribution in [0.3, 0.4) is 0 Å². The monoisotopic (exact) mass is 480 g/mol. The summed E-state index contributed by atoms with van der Waals surface area (Å²) in [7, 11) is -1.63. The summed E-state index contributed by atoms with van der Waals surface area (Å²) in [4.78, 5) is 25.8. The Labute approximate surface area is 201 Å². The molecule has 0 saturated carbocycles. The van der Waals surface area contributed by atoms with Gasteiger partial charge < -0.3 is 19.9 Å². The smallest absolute Gasteiger partial charge is 0.269 e. The molecule has 0 fully saturated rings. The molecular formula is C26H28N2O5S. The van der Waals surface area contributed by atoms with Gasteiger partial charge >= 0.3 is 0 Å². The normalized spacial score (nSPS) is 12.4. The van der Waals surface area contributed by atoms with Crippen molar-refractivity contribution in [2.24, 2.45) is 0 Å². The average Bonchev–Trinajstić information content (AvgIpc) is 2.84. The first-order valence-corrected chi connectivity index (χ1v) is 12.2. The highest BCUT2D eigenvalue weighted by atomic mass is 32.2. The van der Waals surface area contributed by atoms with Gasteiger partial charge in [-0.2, -0.15) is 0 Å². The van der Waals surface area contributed by atoms with Gasteiger partial charge in [0.15, 0.2) is 0 Å². The first-order valence-electron chi connectivity index (χ1n) is 10.9. The molecule has 0 heterocycles. The number of ether oxygens (including phenoxy) is 1. The van der Waals surface area contributed by atoms with Crippen molar-refractivity contribution in [2.45, 2.75) is 26.4 Å². The fourth-order valence-electron chi connectivity index (χ4n) is 3.32. The van der Waals surface area contributed by atoms with E-state index in [0.717, 1.165) is 11.1 Å². The van der Waals surface area contributed by atoms with Gasteiger partial charge in [-0.3, -0.25) is 9.59 Å². The van der Waals surface area contributed by atoms with Gasteiger partial charge in [0, 0.05) is 17.8 Å². The van der Waals surface area contributed by atoms with Crippen LogP contribution in [0.2, 0.25) is 0 Å². The SMILES string of the molecule is CCNC(=O)C(Oc1cccc(Cc2ccc(C)cc2)c1)C(=O)c1ccc(NS(=O)CO)cc1. The molecule has 0 bridgehead atoms. The third kappa shape index (κ3) is 7.00. The van der Waals surface area contributed by atoms with Gasteiger partial charge in [-0.1, -0.05) is 42.0 Å². The summed E-state index contributed by atoms with van der Waals surface area (Å²) >= 11 is 0. The number of likely N-dealkylation sites (N-methyl/N-ethyl adjacent to an activating group) is 1. The quantitative estimate of drug-likeness (QED) is 0.288. The van der Waals surface area contributed by atoms with Crippen LogP contribution in [0.15, 0.2) is 72.8 Å². The molecule has 0 spiro atoms. The van der Waals surface area contributed by atoms with Crippen LogP contribution in [0, 0.1) is 6.92 Å². The topological polar surface area (TPSA) is 105 Å². The molecule has 0 aliphatic rings. The van der Waals surface area contributed by atoms with Crippen molar-refractivity contribution in [1.29, 1.82) is 0 Å². The molecule has 0 saturated heterocycles. The summed E-state index contributed by atoms with van der Waals surface area (Å²) in [5.74, 6) is -1.13. The Bertz CT molecular complexity index is 1150. The van der Waals surface area contributed by atoms with E-state index in [4.69, 9.17) is 9.84 Å². The predicted molar refractivity (Wildman–Crippen MR) is 133 cm³/mol. The van der Waals surface area contributed by atoms with E-state index in [1.807, 2.05) is 25.1 Å². The first-order chi connectivity index (χ1) is 16.4. The van der Waals surface area contributed by atoms with Gasteiger partial charge in [0.05, 0.1) is 0 Å². The Balaban J connectivity index is 1.78. The Morgan fingerprint density at radius 3 is 2.35 bits per heavy atom. The zero-order valence-electron chi connectivity index (χ0n) is 19.1. The van der Waals surface area contributed by atoms with Crippen LogP contribution in [0.1, 0.15) is 34.0 Å². The Kier molecular flexibility index (Phi) is 8.95. The van der Waals surface area contributed by atoms with Crippen molar-refractivity contribution < 1.29 is 23.6 Å². The highest BCUT2D eigenvalue weighted by molar-refractivity contribution is 7.86. The minimum atomic E-state index is -1.63. The van der Waals surface area contributed by atoms with Crippen LogP contribution in [0.4, 0.5) is 5.69 Å². The van der Waals surface area contributed by atoms with Gasteiger partial charge in [0.1, 0.15) is 22.7 Å². The second kappa shape index (κ2) is 12.1. The molecule has 0 aliphatic carbocycles. The van der Waals surface area contributed by atoms with E-state index in [1.165, 1.54) is 17.7 Å². The molecule has 2 atom stereocenters. The number of Topliss-reactive ketones (excluding diaryl/α,β-unsaturated/α-hetero) is 1. The Hall–Kier alpha value is -3.49. The Morgan fingerprint density at radius 2 is 1.71 bits per heavy atom. The lowest BCUT2D eigenvalue weighted by molar-refractivity contribution is -0.125. The van der Waals surface area contributed by atoms with Gasteiger partial charge in [0.25, 0.3) is 5.91 Å². The van der Waals surface area contributed by atoms with E-state index in [1.54, 1.807) is 25.1 Å². The van der Waals surface area contributed by atoms with Crippen LogP contribution in [0.5, 0.6) is 5.75 Å². The molecule has 2 unspecified atom stereocenters. The van der Waals surface area contributed by atoms with Crippen LogP contribution >= 0.6 is 0 Å². The van der Waals surface area contributed by atoms with Gasteiger partial charge in [-0.25, -0.2) is 4.21 Å². The fraction of sp³-hybridized carbons (Fsp3) is 0.231. The zero-order chi connectivity index (χ0) is 24.5. The summed E-state index contributed by atoms with van der Waals surface area (Å²) in [5, 5.41) is 11.6. The number of aliphatic hydroxyl groups excluding tert-OH is 1. The van der Waals surface area contributed by atoms with E-state index in [0.29, 0.717) is 24.4 Å². The summed E-state index contributed by atoms with van der Waals surface area (Å²) < 4.78 is 19.9. The van der Waals surface area contributed by atoms with Gasteiger partial charge in [-0.05, 0) is 67.8 Å². The molecule has 3 aromatic rings. The number of hydrogen-bond donors (Lipinski definition) is 3. The predicted octanol–water partition coefficient (Wildman–Crippen LogP) is 3.38. The number of aryl methyl sites for hydroxylation is 1. The third-order valence-corrected chi connectivity index (χ3v) is 5.72. The summed E-state index contributed by atoms with van der Waals surface area (Å²) in [5.41, 5.74) is 4.08. The third-order valence-electron chi connectivity index (χ3n) is 5.03. The maximum absolute atomic E-state index is 13.2. The molecule has 1 amide bonds.